The molecule has 6 nitrogen and oxygen atoms in total. The Labute approximate surface area is 203 Å². The Morgan fingerprint density at radius 2 is 0.939 bits per heavy atom. The van der Waals surface area contributed by atoms with Crippen molar-refractivity contribution >= 4 is 17.2 Å². The summed E-state index contributed by atoms with van der Waals surface area (Å²) in [5, 5.41) is 0. The van der Waals surface area contributed by atoms with Crippen LogP contribution in [0.2, 0.25) is 0 Å². The van der Waals surface area contributed by atoms with Crippen molar-refractivity contribution in [3.63, 3.8) is 0 Å². The van der Waals surface area contributed by atoms with Crippen LogP contribution in [0, 0.1) is 5.41 Å². The first-order valence-corrected chi connectivity index (χ1v) is 16.1. The third-order valence-electron chi connectivity index (χ3n) is 8.47. The van der Waals surface area contributed by atoms with Crippen LogP contribution in [0.3, 0.4) is 0 Å². The van der Waals surface area contributed by atoms with Gasteiger partial charge in [0, 0.05) is 6.42 Å². The van der Waals surface area contributed by atoms with Crippen LogP contribution >= 0.6 is 17.2 Å². The molecule has 6 saturated heterocycles. The summed E-state index contributed by atoms with van der Waals surface area (Å²) in [5.41, 5.74) is -0.759. The average Bonchev–Trinajstić information content (AvgIpc) is 3.50. The molecule has 1 unspecified atom stereocenters. The van der Waals surface area contributed by atoms with E-state index in [4.69, 9.17) is 27.1 Å². The van der Waals surface area contributed by atoms with Crippen molar-refractivity contribution in [2.75, 3.05) is 0 Å². The number of rotatable bonds is 18. The van der Waals surface area contributed by atoms with Gasteiger partial charge < -0.3 is 4.52 Å². The van der Waals surface area contributed by atoms with Crippen LogP contribution in [-0.4, -0.2) is 17.4 Å². The van der Waals surface area contributed by atoms with Crippen molar-refractivity contribution in [3.8, 4) is 0 Å². The molecule has 6 heterocycles. The molecule has 1 saturated carbocycles. The summed E-state index contributed by atoms with van der Waals surface area (Å²) in [6.07, 6.45) is 23.9. The lowest BCUT2D eigenvalue weighted by molar-refractivity contribution is -0.462. The van der Waals surface area contributed by atoms with Gasteiger partial charge in [0.05, 0.1) is 5.60 Å². The maximum absolute atomic E-state index is 6.65. The fourth-order valence-electron chi connectivity index (χ4n) is 6.50. The van der Waals surface area contributed by atoms with Crippen LogP contribution in [0.25, 0.3) is 0 Å². The maximum atomic E-state index is 6.65. The van der Waals surface area contributed by atoms with E-state index in [0.717, 1.165) is 19.3 Å². The topological polar surface area (TPSA) is 55.4 Å². The second kappa shape index (κ2) is 10.5. The van der Waals surface area contributed by atoms with E-state index in [2.05, 4.69) is 13.8 Å². The van der Waals surface area contributed by atoms with Gasteiger partial charge >= 0.3 is 23.2 Å². The van der Waals surface area contributed by atoms with Crippen molar-refractivity contribution in [2.24, 2.45) is 5.41 Å². The SMILES string of the molecule is CCCCCCCCCCC1(CCCCCCCCCC)OP2OC3(OP4OC5(CC153)O4)O2. The molecule has 6 aliphatic heterocycles. The van der Waals surface area contributed by atoms with Gasteiger partial charge in [-0.3, -0.25) is 22.6 Å². The first-order chi connectivity index (χ1) is 16.1. The van der Waals surface area contributed by atoms with Crippen molar-refractivity contribution < 1.29 is 27.1 Å². The molecule has 1 atom stereocenters. The molecule has 1 aliphatic carbocycles. The van der Waals surface area contributed by atoms with Crippen molar-refractivity contribution in [1.29, 1.82) is 0 Å². The Morgan fingerprint density at radius 1 is 0.515 bits per heavy atom. The van der Waals surface area contributed by atoms with E-state index >= 15 is 0 Å². The van der Waals surface area contributed by atoms with Crippen LogP contribution in [0.4, 0.5) is 0 Å². The molecule has 0 N–H and O–H groups in total. The molecular formula is C25H44O6P2. The van der Waals surface area contributed by atoms with E-state index in [0.29, 0.717) is 0 Å². The summed E-state index contributed by atoms with van der Waals surface area (Å²) in [4.78, 5) is 0. The highest BCUT2D eigenvalue weighted by atomic mass is 31.2. The van der Waals surface area contributed by atoms with Gasteiger partial charge in [0.25, 0.3) is 0 Å². The van der Waals surface area contributed by atoms with Gasteiger partial charge in [0.1, 0.15) is 5.41 Å². The fraction of sp³-hybridized carbons (Fsp3) is 1.00. The zero-order chi connectivity index (χ0) is 22.8. The summed E-state index contributed by atoms with van der Waals surface area (Å²) < 4.78 is 37.1. The first kappa shape index (κ1) is 25.3. The molecule has 7 fully saturated rings. The summed E-state index contributed by atoms with van der Waals surface area (Å²) in [5.74, 6) is -1.54. The van der Waals surface area contributed by atoms with Crippen molar-refractivity contribution in [3.05, 3.63) is 0 Å². The van der Waals surface area contributed by atoms with Crippen LogP contribution in [0.5, 0.6) is 0 Å². The van der Waals surface area contributed by atoms with E-state index in [1.54, 1.807) is 0 Å². The monoisotopic (exact) mass is 502 g/mol. The molecular weight excluding hydrogens is 458 g/mol. The lowest BCUT2D eigenvalue weighted by atomic mass is 9.73. The number of hydrogen-bond acceptors (Lipinski definition) is 6. The highest BCUT2D eigenvalue weighted by molar-refractivity contribution is 7.44. The molecule has 190 valence electrons. The molecule has 0 amide bonds. The van der Waals surface area contributed by atoms with Gasteiger partial charge in [0.2, 0.25) is 5.79 Å². The quantitative estimate of drug-likeness (QED) is 0.138. The number of fused-ring (bicyclic) bond motifs is 1. The number of unbranched alkanes of at least 4 members (excludes halogenated alkanes) is 14. The summed E-state index contributed by atoms with van der Waals surface area (Å²) in [6.45, 7) is 4.56. The molecule has 0 aromatic heterocycles. The molecule has 8 heteroatoms. The van der Waals surface area contributed by atoms with E-state index in [-0.39, 0.29) is 5.60 Å². The third kappa shape index (κ3) is 4.37. The second-order valence-corrected chi connectivity index (χ2v) is 12.8. The Hall–Kier alpha value is 0.620. The average molecular weight is 503 g/mol. The predicted molar refractivity (Wildman–Crippen MR) is 130 cm³/mol. The van der Waals surface area contributed by atoms with Gasteiger partial charge in [0.15, 0.2) is 0 Å². The molecule has 7 rings (SSSR count). The van der Waals surface area contributed by atoms with Gasteiger partial charge in [-0.05, 0) is 12.8 Å². The maximum Gasteiger partial charge on any atom is 0.342 e. The van der Waals surface area contributed by atoms with Crippen LogP contribution < -0.4 is 0 Å². The normalized spacial score (nSPS) is 38.7. The van der Waals surface area contributed by atoms with Gasteiger partial charge in [-0.2, -0.15) is 0 Å². The summed E-state index contributed by atoms with van der Waals surface area (Å²) in [6, 6.07) is 0. The minimum absolute atomic E-state index is 0.304. The molecule has 0 aromatic carbocycles. The van der Waals surface area contributed by atoms with Crippen LogP contribution in [0.15, 0.2) is 0 Å². The fourth-order valence-corrected chi connectivity index (χ4v) is 9.54. The Morgan fingerprint density at radius 3 is 1.42 bits per heavy atom. The summed E-state index contributed by atoms with van der Waals surface area (Å²) in [7, 11) is -2.59. The van der Waals surface area contributed by atoms with E-state index in [9.17, 15) is 0 Å². The molecule has 7 aliphatic rings. The first-order valence-electron chi connectivity index (χ1n) is 13.9. The highest BCUT2D eigenvalue weighted by Gasteiger charge is 3.01. The van der Waals surface area contributed by atoms with E-state index in [1.165, 1.54) is 103 Å². The zero-order valence-electron chi connectivity index (χ0n) is 20.8. The molecule has 0 radical (unpaired) electrons. The van der Waals surface area contributed by atoms with Crippen molar-refractivity contribution in [2.45, 2.75) is 153 Å². The largest absolute Gasteiger partial charge is 0.342 e. The standard InChI is InChI=1S/C25H44O6P2/c1-3-5-7-9-11-13-15-17-19-22(20-18-16-14-12-10-8-6-4-2)23-21-24(23)27-33(28-24)31-25(23)29-32(26-22)30-25/h3-21H2,1-2H3. The smallest absolute Gasteiger partial charge is 0.304 e. The van der Waals surface area contributed by atoms with Crippen LogP contribution in [-0.2, 0) is 27.1 Å². The summed E-state index contributed by atoms with van der Waals surface area (Å²) >= 11 is 0. The minimum atomic E-state index is -1.30. The second-order valence-electron chi connectivity index (χ2n) is 10.8. The molecule has 4 bridgehead atoms. The molecule has 33 heavy (non-hydrogen) atoms. The van der Waals surface area contributed by atoms with E-state index in [1.807, 2.05) is 0 Å². The van der Waals surface area contributed by atoms with Gasteiger partial charge in [-0.25, -0.2) is 0 Å². The third-order valence-corrected chi connectivity index (χ3v) is 11.0. The lowest BCUT2D eigenvalue weighted by Gasteiger charge is -2.66. The van der Waals surface area contributed by atoms with Crippen molar-refractivity contribution in [1.82, 2.24) is 0 Å². The van der Waals surface area contributed by atoms with Gasteiger partial charge in [-0.1, -0.05) is 117 Å². The Kier molecular flexibility index (Phi) is 8.08. The van der Waals surface area contributed by atoms with Gasteiger partial charge in [-0.15, -0.1) is 0 Å². The highest BCUT2D eigenvalue weighted by Crippen LogP contribution is 2.96. The lowest BCUT2D eigenvalue weighted by Crippen LogP contribution is -2.72. The Bertz CT molecular complexity index is 631. The molecule has 0 aromatic rings. The number of hydrogen-bond donors (Lipinski definition) is 0. The minimum Gasteiger partial charge on any atom is -0.304 e. The Balaban J connectivity index is 1.16. The molecule has 3 spiro atoms. The zero-order valence-corrected chi connectivity index (χ0v) is 22.6. The predicted octanol–water partition coefficient (Wildman–Crippen LogP) is 9.13. The van der Waals surface area contributed by atoms with E-state index < -0.39 is 34.4 Å². The van der Waals surface area contributed by atoms with Crippen LogP contribution in [0.1, 0.15) is 136 Å².